The number of hydrogen-bond acceptors (Lipinski definition) is 2. The van der Waals surface area contributed by atoms with Crippen molar-refractivity contribution in [3.63, 3.8) is 0 Å². The van der Waals surface area contributed by atoms with Crippen LogP contribution in [0.2, 0.25) is 0 Å². The molecule has 2 nitrogen and oxygen atoms in total. The molecule has 1 aliphatic heterocycles. The molecule has 0 aliphatic carbocycles. The first-order valence-electron chi connectivity index (χ1n) is 5.83. The molecule has 1 rings (SSSR count). The Morgan fingerprint density at radius 1 is 1.36 bits per heavy atom. The van der Waals surface area contributed by atoms with Gasteiger partial charge in [-0.05, 0) is 31.7 Å². The molecule has 1 saturated heterocycles. The maximum atomic E-state index is 9.45. The third-order valence-corrected chi connectivity index (χ3v) is 3.11. The van der Waals surface area contributed by atoms with Crippen molar-refractivity contribution in [1.82, 2.24) is 4.90 Å². The number of piperidine rings is 1. The molecule has 0 aromatic heterocycles. The molecule has 1 N–H and O–H groups in total. The lowest BCUT2D eigenvalue weighted by atomic mass is 9.80. The Morgan fingerprint density at radius 2 is 2.00 bits per heavy atom. The van der Waals surface area contributed by atoms with Crippen LogP contribution in [0.1, 0.15) is 47.0 Å². The number of likely N-dealkylation sites (tertiary alicyclic amines) is 1. The van der Waals surface area contributed by atoms with Crippen LogP contribution in [0.5, 0.6) is 0 Å². The quantitative estimate of drug-likeness (QED) is 0.737. The van der Waals surface area contributed by atoms with Crippen molar-refractivity contribution in [2.75, 3.05) is 13.1 Å². The van der Waals surface area contributed by atoms with Gasteiger partial charge < -0.3 is 5.11 Å². The van der Waals surface area contributed by atoms with E-state index in [1.807, 2.05) is 6.92 Å². The fourth-order valence-electron chi connectivity index (χ4n) is 2.53. The van der Waals surface area contributed by atoms with E-state index in [2.05, 4.69) is 25.7 Å². The minimum Gasteiger partial charge on any atom is -0.392 e. The number of aliphatic hydroxyl groups is 1. The highest BCUT2D eigenvalue weighted by molar-refractivity contribution is 4.86. The molecule has 2 atom stereocenters. The number of aliphatic hydroxyl groups excluding tert-OH is 1. The fraction of sp³-hybridized carbons (Fsp3) is 1.00. The number of β-amino-alcohol motifs (C(OH)–C–C–N with tert-alkyl or cyclic N) is 1. The summed E-state index contributed by atoms with van der Waals surface area (Å²) >= 11 is 0. The highest BCUT2D eigenvalue weighted by Gasteiger charge is 2.32. The van der Waals surface area contributed by atoms with Gasteiger partial charge in [-0.1, -0.05) is 27.2 Å². The van der Waals surface area contributed by atoms with Crippen LogP contribution in [-0.4, -0.2) is 35.2 Å². The van der Waals surface area contributed by atoms with E-state index in [-0.39, 0.29) is 6.10 Å². The van der Waals surface area contributed by atoms with E-state index in [9.17, 15) is 5.11 Å². The van der Waals surface area contributed by atoms with Crippen molar-refractivity contribution in [2.45, 2.75) is 59.1 Å². The van der Waals surface area contributed by atoms with Crippen molar-refractivity contribution in [2.24, 2.45) is 5.41 Å². The lowest BCUT2D eigenvalue weighted by Crippen LogP contribution is -2.49. The molecule has 0 saturated carbocycles. The summed E-state index contributed by atoms with van der Waals surface area (Å²) < 4.78 is 0. The molecule has 2 unspecified atom stereocenters. The molecule has 84 valence electrons. The molecule has 1 heterocycles. The molecule has 1 fully saturated rings. The maximum absolute atomic E-state index is 9.45. The first-order valence-corrected chi connectivity index (χ1v) is 5.83. The molecule has 0 amide bonds. The number of rotatable bonds is 2. The largest absolute Gasteiger partial charge is 0.392 e. The minimum atomic E-state index is -0.196. The van der Waals surface area contributed by atoms with Crippen LogP contribution < -0.4 is 0 Å². The highest BCUT2D eigenvalue weighted by Crippen LogP contribution is 2.31. The van der Waals surface area contributed by atoms with Gasteiger partial charge in [-0.3, -0.25) is 4.90 Å². The van der Waals surface area contributed by atoms with Gasteiger partial charge in [0.15, 0.2) is 0 Å². The summed E-state index contributed by atoms with van der Waals surface area (Å²) in [5, 5.41) is 9.45. The SMILES string of the molecule is CC(O)CN1CCCCC1C(C)(C)C. The van der Waals surface area contributed by atoms with Crippen molar-refractivity contribution < 1.29 is 5.11 Å². The van der Waals surface area contributed by atoms with E-state index in [0.29, 0.717) is 11.5 Å². The van der Waals surface area contributed by atoms with Crippen LogP contribution >= 0.6 is 0 Å². The predicted molar refractivity (Wildman–Crippen MR) is 60.3 cm³/mol. The topological polar surface area (TPSA) is 23.5 Å². The first-order chi connectivity index (χ1) is 6.41. The Hall–Kier alpha value is -0.0800. The molecular weight excluding hydrogens is 174 g/mol. The molecule has 14 heavy (non-hydrogen) atoms. The van der Waals surface area contributed by atoms with Crippen LogP contribution in [0.3, 0.4) is 0 Å². The Morgan fingerprint density at radius 3 is 2.50 bits per heavy atom. The highest BCUT2D eigenvalue weighted by atomic mass is 16.3. The summed E-state index contributed by atoms with van der Waals surface area (Å²) in [6, 6.07) is 0.644. The Balaban J connectivity index is 2.59. The molecule has 0 aromatic carbocycles. The van der Waals surface area contributed by atoms with Crippen LogP contribution in [-0.2, 0) is 0 Å². The molecule has 2 heteroatoms. The second kappa shape index (κ2) is 4.63. The van der Waals surface area contributed by atoms with Crippen LogP contribution in [0.25, 0.3) is 0 Å². The van der Waals surface area contributed by atoms with Gasteiger partial charge in [0.1, 0.15) is 0 Å². The smallest absolute Gasteiger partial charge is 0.0639 e. The summed E-state index contributed by atoms with van der Waals surface area (Å²) in [6.45, 7) is 10.8. The van der Waals surface area contributed by atoms with Gasteiger partial charge in [0.05, 0.1) is 6.10 Å². The van der Waals surface area contributed by atoms with E-state index in [0.717, 1.165) is 13.1 Å². The monoisotopic (exact) mass is 199 g/mol. The van der Waals surface area contributed by atoms with E-state index in [1.165, 1.54) is 19.3 Å². The first kappa shape index (κ1) is 12.0. The third kappa shape index (κ3) is 3.25. The molecule has 0 bridgehead atoms. The van der Waals surface area contributed by atoms with Crippen molar-refractivity contribution in [3.8, 4) is 0 Å². The van der Waals surface area contributed by atoms with Gasteiger partial charge in [0, 0.05) is 12.6 Å². The zero-order valence-corrected chi connectivity index (χ0v) is 10.1. The summed E-state index contributed by atoms with van der Waals surface area (Å²) in [4.78, 5) is 2.47. The van der Waals surface area contributed by atoms with Crippen molar-refractivity contribution in [3.05, 3.63) is 0 Å². The minimum absolute atomic E-state index is 0.196. The van der Waals surface area contributed by atoms with Crippen molar-refractivity contribution in [1.29, 1.82) is 0 Å². The third-order valence-electron chi connectivity index (χ3n) is 3.11. The predicted octanol–water partition coefficient (Wildman–Crippen LogP) is 2.27. The zero-order valence-electron chi connectivity index (χ0n) is 10.1. The zero-order chi connectivity index (χ0) is 10.8. The van der Waals surface area contributed by atoms with Crippen LogP contribution in [0.4, 0.5) is 0 Å². The molecule has 0 radical (unpaired) electrons. The van der Waals surface area contributed by atoms with Gasteiger partial charge in [0.25, 0.3) is 0 Å². The van der Waals surface area contributed by atoms with Crippen molar-refractivity contribution >= 4 is 0 Å². The molecule has 1 aliphatic rings. The van der Waals surface area contributed by atoms with Crippen LogP contribution in [0, 0.1) is 5.41 Å². The molecular formula is C12H25NO. The second-order valence-corrected chi connectivity index (χ2v) is 5.72. The van der Waals surface area contributed by atoms with Gasteiger partial charge in [-0.2, -0.15) is 0 Å². The lowest BCUT2D eigenvalue weighted by molar-refractivity contribution is 0.0274. The van der Waals surface area contributed by atoms with Gasteiger partial charge in [-0.15, -0.1) is 0 Å². The Bertz CT molecular complexity index is 172. The average molecular weight is 199 g/mol. The van der Waals surface area contributed by atoms with E-state index >= 15 is 0 Å². The summed E-state index contributed by atoms with van der Waals surface area (Å²) in [7, 11) is 0. The second-order valence-electron chi connectivity index (χ2n) is 5.72. The van der Waals surface area contributed by atoms with Gasteiger partial charge >= 0.3 is 0 Å². The van der Waals surface area contributed by atoms with Crippen LogP contribution in [0.15, 0.2) is 0 Å². The number of hydrogen-bond donors (Lipinski definition) is 1. The van der Waals surface area contributed by atoms with E-state index in [4.69, 9.17) is 0 Å². The Labute approximate surface area is 88.3 Å². The fourth-order valence-corrected chi connectivity index (χ4v) is 2.53. The normalized spacial score (nSPS) is 27.6. The standard InChI is InChI=1S/C12H25NO/c1-10(14)9-13-8-6-5-7-11(13)12(2,3)4/h10-11,14H,5-9H2,1-4H3. The maximum Gasteiger partial charge on any atom is 0.0639 e. The summed E-state index contributed by atoms with van der Waals surface area (Å²) in [6.07, 6.45) is 3.73. The Kier molecular flexibility index (Phi) is 3.96. The number of nitrogens with zero attached hydrogens (tertiary/aromatic N) is 1. The molecule has 0 spiro atoms. The summed E-state index contributed by atoms with van der Waals surface area (Å²) in [5.74, 6) is 0. The lowest BCUT2D eigenvalue weighted by Gasteiger charge is -2.44. The van der Waals surface area contributed by atoms with E-state index < -0.39 is 0 Å². The summed E-state index contributed by atoms with van der Waals surface area (Å²) in [5.41, 5.74) is 0.343. The van der Waals surface area contributed by atoms with Gasteiger partial charge in [0.2, 0.25) is 0 Å². The van der Waals surface area contributed by atoms with Gasteiger partial charge in [-0.25, -0.2) is 0 Å². The average Bonchev–Trinajstić information content (AvgIpc) is 2.01. The van der Waals surface area contributed by atoms with E-state index in [1.54, 1.807) is 0 Å². The molecule has 0 aromatic rings.